The summed E-state index contributed by atoms with van der Waals surface area (Å²) in [5.41, 5.74) is 11.7. The maximum absolute atomic E-state index is 12.5. The van der Waals surface area contributed by atoms with E-state index in [-0.39, 0.29) is 22.8 Å². The van der Waals surface area contributed by atoms with Crippen molar-refractivity contribution < 1.29 is 9.72 Å². The lowest BCUT2D eigenvalue weighted by atomic mass is 9.94. The van der Waals surface area contributed by atoms with Crippen LogP contribution in [0.4, 0.5) is 11.4 Å². The van der Waals surface area contributed by atoms with E-state index in [1.807, 2.05) is 0 Å². The summed E-state index contributed by atoms with van der Waals surface area (Å²) in [6.45, 7) is 1.89. The van der Waals surface area contributed by atoms with Crippen LogP contribution in [-0.2, 0) is 0 Å². The zero-order valence-electron chi connectivity index (χ0n) is 11.8. The van der Waals surface area contributed by atoms with Gasteiger partial charge in [0, 0.05) is 30.9 Å². The van der Waals surface area contributed by atoms with Crippen molar-refractivity contribution >= 4 is 17.3 Å². The minimum Gasteiger partial charge on any atom is -0.398 e. The number of carbonyl (C=O) groups excluding carboxylic acids is 1. The average molecular weight is 292 g/mol. The largest absolute Gasteiger partial charge is 0.398 e. The van der Waals surface area contributed by atoms with E-state index in [2.05, 4.69) is 0 Å². The molecule has 21 heavy (non-hydrogen) atoms. The molecule has 1 heterocycles. The summed E-state index contributed by atoms with van der Waals surface area (Å²) in [5, 5.41) is 10.8. The van der Waals surface area contributed by atoms with Crippen molar-refractivity contribution in [3.8, 4) is 0 Å². The van der Waals surface area contributed by atoms with Crippen LogP contribution in [0.5, 0.6) is 0 Å². The molecule has 1 aliphatic heterocycles. The number of rotatable bonds is 4. The van der Waals surface area contributed by atoms with Gasteiger partial charge in [-0.15, -0.1) is 0 Å². The Kier molecular flexibility index (Phi) is 4.74. The molecule has 1 aromatic carbocycles. The van der Waals surface area contributed by atoms with E-state index >= 15 is 0 Å². The van der Waals surface area contributed by atoms with Crippen molar-refractivity contribution in [2.45, 2.75) is 19.3 Å². The van der Waals surface area contributed by atoms with E-state index in [9.17, 15) is 14.9 Å². The normalized spacial score (nSPS) is 18.5. The number of hydrogen-bond donors (Lipinski definition) is 2. The molecule has 1 amide bonds. The topological polar surface area (TPSA) is 115 Å². The van der Waals surface area contributed by atoms with Gasteiger partial charge in [-0.25, -0.2) is 0 Å². The van der Waals surface area contributed by atoms with Gasteiger partial charge in [-0.2, -0.15) is 0 Å². The smallest absolute Gasteiger partial charge is 0.270 e. The molecule has 1 aromatic rings. The first-order chi connectivity index (χ1) is 10.0. The molecule has 1 saturated heterocycles. The Balaban J connectivity index is 2.19. The van der Waals surface area contributed by atoms with Crippen LogP contribution in [0.1, 0.15) is 29.6 Å². The van der Waals surface area contributed by atoms with Crippen molar-refractivity contribution in [3.05, 3.63) is 33.9 Å². The third-order valence-electron chi connectivity index (χ3n) is 3.86. The highest BCUT2D eigenvalue weighted by Crippen LogP contribution is 2.25. The zero-order valence-corrected chi connectivity index (χ0v) is 11.8. The Morgan fingerprint density at radius 2 is 2.24 bits per heavy atom. The van der Waals surface area contributed by atoms with Crippen LogP contribution in [-0.4, -0.2) is 35.4 Å². The van der Waals surface area contributed by atoms with E-state index in [1.165, 1.54) is 18.2 Å². The molecule has 114 valence electrons. The van der Waals surface area contributed by atoms with Crippen LogP contribution in [0, 0.1) is 16.0 Å². The van der Waals surface area contributed by atoms with E-state index in [0.717, 1.165) is 19.3 Å². The van der Waals surface area contributed by atoms with E-state index in [0.29, 0.717) is 25.6 Å². The standard InChI is InChI=1S/C14H20N4O3/c15-6-5-10-2-1-7-17(9-10)14(19)12-8-11(18(20)21)3-4-13(12)16/h3-4,8,10H,1-2,5-7,9,15-16H2. The first kappa shape index (κ1) is 15.2. The van der Waals surface area contributed by atoms with Crippen molar-refractivity contribution in [2.24, 2.45) is 11.7 Å². The second-order valence-corrected chi connectivity index (χ2v) is 5.37. The van der Waals surface area contributed by atoms with Gasteiger partial charge in [-0.1, -0.05) is 0 Å². The molecule has 0 aromatic heterocycles. The summed E-state index contributed by atoms with van der Waals surface area (Å²) in [6, 6.07) is 3.97. The summed E-state index contributed by atoms with van der Waals surface area (Å²) in [5.74, 6) is 0.158. The van der Waals surface area contributed by atoms with Gasteiger partial charge in [0.25, 0.3) is 11.6 Å². The number of likely N-dealkylation sites (tertiary alicyclic amines) is 1. The van der Waals surface area contributed by atoms with E-state index < -0.39 is 4.92 Å². The van der Waals surface area contributed by atoms with Crippen molar-refractivity contribution in [3.63, 3.8) is 0 Å². The molecule has 1 aliphatic rings. The number of nitrogens with zero attached hydrogens (tertiary/aromatic N) is 2. The molecule has 1 fully saturated rings. The molecule has 0 radical (unpaired) electrons. The number of nitro groups is 1. The summed E-state index contributed by atoms with van der Waals surface area (Å²) in [4.78, 5) is 24.6. The Morgan fingerprint density at radius 1 is 1.48 bits per heavy atom. The fraction of sp³-hybridized carbons (Fsp3) is 0.500. The zero-order chi connectivity index (χ0) is 15.4. The quantitative estimate of drug-likeness (QED) is 0.494. The third kappa shape index (κ3) is 3.49. The Labute approximate surface area is 123 Å². The number of nitrogen functional groups attached to an aromatic ring is 1. The number of nitro benzene ring substituents is 1. The second-order valence-electron chi connectivity index (χ2n) is 5.37. The highest BCUT2D eigenvalue weighted by Gasteiger charge is 2.26. The molecule has 2 rings (SSSR count). The van der Waals surface area contributed by atoms with Gasteiger partial charge in [0.05, 0.1) is 10.5 Å². The Morgan fingerprint density at radius 3 is 2.90 bits per heavy atom. The van der Waals surface area contributed by atoms with Crippen molar-refractivity contribution in [1.29, 1.82) is 0 Å². The SMILES string of the molecule is NCCC1CCCN(C(=O)c2cc([N+](=O)[O-])ccc2N)C1. The molecule has 1 unspecified atom stereocenters. The second kappa shape index (κ2) is 6.53. The summed E-state index contributed by atoms with van der Waals surface area (Å²) in [7, 11) is 0. The van der Waals surface area contributed by atoms with Crippen LogP contribution in [0.15, 0.2) is 18.2 Å². The number of benzene rings is 1. The average Bonchev–Trinajstić information content (AvgIpc) is 2.47. The molecule has 0 bridgehead atoms. The first-order valence-corrected chi connectivity index (χ1v) is 7.06. The fourth-order valence-corrected chi connectivity index (χ4v) is 2.73. The van der Waals surface area contributed by atoms with Gasteiger partial charge >= 0.3 is 0 Å². The molecule has 7 heteroatoms. The van der Waals surface area contributed by atoms with Crippen LogP contribution in [0.3, 0.4) is 0 Å². The number of non-ortho nitro benzene ring substituents is 1. The number of nitrogens with two attached hydrogens (primary N) is 2. The minimum absolute atomic E-state index is 0.122. The molecule has 0 aliphatic carbocycles. The van der Waals surface area contributed by atoms with Gasteiger partial charge < -0.3 is 16.4 Å². The van der Waals surface area contributed by atoms with E-state index in [4.69, 9.17) is 11.5 Å². The van der Waals surface area contributed by atoms with Gasteiger partial charge in [-0.3, -0.25) is 14.9 Å². The number of piperidine rings is 1. The predicted octanol–water partition coefficient (Wildman–Crippen LogP) is 1.38. The predicted molar refractivity (Wildman–Crippen MR) is 79.8 cm³/mol. The van der Waals surface area contributed by atoms with Gasteiger partial charge in [0.1, 0.15) is 0 Å². The molecular weight excluding hydrogens is 272 g/mol. The van der Waals surface area contributed by atoms with Crippen LogP contribution in [0.25, 0.3) is 0 Å². The maximum Gasteiger partial charge on any atom is 0.270 e. The Bertz CT molecular complexity index is 545. The lowest BCUT2D eigenvalue weighted by Gasteiger charge is -2.33. The highest BCUT2D eigenvalue weighted by atomic mass is 16.6. The van der Waals surface area contributed by atoms with Gasteiger partial charge in [-0.05, 0) is 37.8 Å². The minimum atomic E-state index is -0.524. The molecule has 0 saturated carbocycles. The lowest BCUT2D eigenvalue weighted by molar-refractivity contribution is -0.384. The fourth-order valence-electron chi connectivity index (χ4n) is 2.73. The van der Waals surface area contributed by atoms with Crippen LogP contribution in [0.2, 0.25) is 0 Å². The van der Waals surface area contributed by atoms with Crippen LogP contribution >= 0.6 is 0 Å². The van der Waals surface area contributed by atoms with Gasteiger partial charge in [0.2, 0.25) is 0 Å². The monoisotopic (exact) mass is 292 g/mol. The number of amides is 1. The molecule has 7 nitrogen and oxygen atoms in total. The molecule has 4 N–H and O–H groups in total. The summed E-state index contributed by atoms with van der Waals surface area (Å²) >= 11 is 0. The summed E-state index contributed by atoms with van der Waals surface area (Å²) < 4.78 is 0. The van der Waals surface area contributed by atoms with Crippen molar-refractivity contribution in [1.82, 2.24) is 4.90 Å². The van der Waals surface area contributed by atoms with Crippen LogP contribution < -0.4 is 11.5 Å². The molecule has 0 spiro atoms. The molecular formula is C14H20N4O3. The maximum atomic E-state index is 12.5. The first-order valence-electron chi connectivity index (χ1n) is 7.06. The number of carbonyl (C=O) groups is 1. The van der Waals surface area contributed by atoms with E-state index in [1.54, 1.807) is 4.90 Å². The highest BCUT2D eigenvalue weighted by molar-refractivity contribution is 5.99. The third-order valence-corrected chi connectivity index (χ3v) is 3.86. The molecule has 1 atom stereocenters. The van der Waals surface area contributed by atoms with Gasteiger partial charge in [0.15, 0.2) is 0 Å². The van der Waals surface area contributed by atoms with Crippen molar-refractivity contribution in [2.75, 3.05) is 25.4 Å². The Hall–Kier alpha value is -2.15. The lowest BCUT2D eigenvalue weighted by Crippen LogP contribution is -2.40. The summed E-state index contributed by atoms with van der Waals surface area (Å²) in [6.07, 6.45) is 2.87. The number of anilines is 1. The number of hydrogen-bond acceptors (Lipinski definition) is 5.